The Balaban J connectivity index is 1.34. The van der Waals surface area contributed by atoms with Crippen molar-refractivity contribution in [3.63, 3.8) is 0 Å². The van der Waals surface area contributed by atoms with Gasteiger partial charge >= 0.3 is 0 Å². The first kappa shape index (κ1) is 24.3. The summed E-state index contributed by atoms with van der Waals surface area (Å²) in [5.74, 6) is 0.319. The summed E-state index contributed by atoms with van der Waals surface area (Å²) in [7, 11) is 0. The highest BCUT2D eigenvalue weighted by Crippen LogP contribution is 2.30. The van der Waals surface area contributed by atoms with Gasteiger partial charge < -0.3 is 20.0 Å². The van der Waals surface area contributed by atoms with Crippen LogP contribution in [-0.2, 0) is 4.79 Å². The van der Waals surface area contributed by atoms with Crippen molar-refractivity contribution < 1.29 is 14.4 Å². The van der Waals surface area contributed by atoms with Crippen LogP contribution >= 0.6 is 0 Å². The largest absolute Gasteiger partial charge is 0.367 e. The molecule has 0 bridgehead atoms. The van der Waals surface area contributed by atoms with Crippen LogP contribution in [0.1, 0.15) is 65.7 Å². The lowest BCUT2D eigenvalue weighted by Gasteiger charge is -2.38. The van der Waals surface area contributed by atoms with Gasteiger partial charge in [-0.1, -0.05) is 31.0 Å². The molecule has 2 aromatic carbocycles. The third kappa shape index (κ3) is 5.40. The quantitative estimate of drug-likeness (QED) is 0.677. The number of piperidine rings is 1. The number of rotatable bonds is 5. The van der Waals surface area contributed by atoms with E-state index in [1.54, 1.807) is 12.1 Å². The smallest absolute Gasteiger partial charge is 0.256 e. The summed E-state index contributed by atoms with van der Waals surface area (Å²) in [5, 5.41) is 2.96. The van der Waals surface area contributed by atoms with Gasteiger partial charge in [-0.15, -0.1) is 0 Å². The van der Waals surface area contributed by atoms with Crippen LogP contribution in [0.2, 0.25) is 0 Å². The molecule has 1 N–H and O–H groups in total. The van der Waals surface area contributed by atoms with E-state index in [0.29, 0.717) is 48.9 Å². The highest BCUT2D eigenvalue weighted by Gasteiger charge is 2.31. The first-order valence-corrected chi connectivity index (χ1v) is 13.4. The van der Waals surface area contributed by atoms with Crippen LogP contribution in [0.25, 0.3) is 0 Å². The molecule has 7 nitrogen and oxygen atoms in total. The Morgan fingerprint density at radius 1 is 0.722 bits per heavy atom. The number of anilines is 2. The molecule has 3 aliphatic rings. The summed E-state index contributed by atoms with van der Waals surface area (Å²) in [4.78, 5) is 45.4. The lowest BCUT2D eigenvalue weighted by atomic mass is 10.0. The maximum absolute atomic E-state index is 13.6. The van der Waals surface area contributed by atoms with E-state index in [2.05, 4.69) is 10.2 Å². The molecule has 0 aromatic heterocycles. The van der Waals surface area contributed by atoms with Gasteiger partial charge in [-0.05, 0) is 62.4 Å². The Morgan fingerprint density at radius 3 is 2.11 bits per heavy atom. The van der Waals surface area contributed by atoms with Gasteiger partial charge in [-0.3, -0.25) is 14.4 Å². The van der Waals surface area contributed by atoms with E-state index in [1.807, 2.05) is 46.2 Å². The SMILES string of the molecule is O=C(Nc1ccc(N2CCN(C(=O)C3CCCC3)CC2)c(C(=O)N2CCCCC2)c1)c1ccccc1. The van der Waals surface area contributed by atoms with Gasteiger partial charge in [0.25, 0.3) is 11.8 Å². The van der Waals surface area contributed by atoms with E-state index < -0.39 is 0 Å². The van der Waals surface area contributed by atoms with Gasteiger partial charge in [-0.2, -0.15) is 0 Å². The molecule has 0 atom stereocenters. The molecule has 0 spiro atoms. The Labute approximate surface area is 213 Å². The van der Waals surface area contributed by atoms with Crippen molar-refractivity contribution in [2.45, 2.75) is 44.9 Å². The van der Waals surface area contributed by atoms with Crippen molar-refractivity contribution in [2.24, 2.45) is 5.92 Å². The average Bonchev–Trinajstić information content (AvgIpc) is 3.48. The summed E-state index contributed by atoms with van der Waals surface area (Å²) >= 11 is 0. The highest BCUT2D eigenvalue weighted by atomic mass is 16.2. The second-order valence-electron chi connectivity index (χ2n) is 10.2. The number of carbonyl (C=O) groups is 3. The number of likely N-dealkylation sites (tertiary alicyclic amines) is 1. The molecule has 190 valence electrons. The molecule has 1 aliphatic carbocycles. The standard InChI is InChI=1S/C29H36N4O3/c34-27(22-9-3-1-4-10-22)30-24-13-14-26(25(21-24)29(36)32-15-7-2-8-16-32)31-17-19-33(20-18-31)28(35)23-11-5-6-12-23/h1,3-4,9-10,13-14,21,23H,2,5-8,11-12,15-20H2,(H,30,34). The number of amides is 3. The van der Waals surface area contributed by atoms with Gasteiger partial charge in [0.1, 0.15) is 0 Å². The average molecular weight is 489 g/mol. The zero-order chi connectivity index (χ0) is 24.9. The Bertz CT molecular complexity index is 1080. The number of carbonyl (C=O) groups excluding carboxylic acids is 3. The third-order valence-corrected chi connectivity index (χ3v) is 7.80. The molecule has 2 heterocycles. The van der Waals surface area contributed by atoms with Gasteiger partial charge in [0.05, 0.1) is 5.56 Å². The highest BCUT2D eigenvalue weighted by molar-refractivity contribution is 6.06. The van der Waals surface area contributed by atoms with Gasteiger partial charge in [0, 0.05) is 62.1 Å². The maximum Gasteiger partial charge on any atom is 0.256 e. The van der Waals surface area contributed by atoms with E-state index >= 15 is 0 Å². The summed E-state index contributed by atoms with van der Waals surface area (Å²) in [5.41, 5.74) is 2.70. The molecule has 7 heteroatoms. The Morgan fingerprint density at radius 2 is 1.42 bits per heavy atom. The molecule has 2 aromatic rings. The van der Waals surface area contributed by atoms with Crippen LogP contribution in [-0.4, -0.2) is 66.8 Å². The fraction of sp³-hybridized carbons (Fsp3) is 0.483. The zero-order valence-electron chi connectivity index (χ0n) is 21.0. The topological polar surface area (TPSA) is 73.0 Å². The molecule has 2 saturated heterocycles. The molecule has 3 fully saturated rings. The van der Waals surface area contributed by atoms with E-state index in [0.717, 1.165) is 63.7 Å². The Kier molecular flexibility index (Phi) is 7.54. The van der Waals surface area contributed by atoms with Crippen LogP contribution in [0, 0.1) is 5.92 Å². The number of hydrogen-bond acceptors (Lipinski definition) is 4. The minimum atomic E-state index is -0.196. The molecule has 0 unspecified atom stereocenters. The van der Waals surface area contributed by atoms with Crippen molar-refractivity contribution in [2.75, 3.05) is 49.5 Å². The summed E-state index contributed by atoms with van der Waals surface area (Å²) in [6.45, 7) is 4.30. The van der Waals surface area contributed by atoms with Crippen LogP contribution in [0.3, 0.4) is 0 Å². The Hall–Kier alpha value is -3.35. The number of hydrogen-bond donors (Lipinski definition) is 1. The van der Waals surface area contributed by atoms with Crippen molar-refractivity contribution in [1.82, 2.24) is 9.80 Å². The fourth-order valence-corrected chi connectivity index (χ4v) is 5.72. The molecular formula is C29H36N4O3. The molecule has 1 saturated carbocycles. The number of benzene rings is 2. The summed E-state index contributed by atoms with van der Waals surface area (Å²) < 4.78 is 0. The van der Waals surface area contributed by atoms with Crippen molar-refractivity contribution >= 4 is 29.1 Å². The minimum absolute atomic E-state index is 0.0185. The van der Waals surface area contributed by atoms with E-state index in [9.17, 15) is 14.4 Å². The second kappa shape index (κ2) is 11.1. The molecule has 36 heavy (non-hydrogen) atoms. The van der Waals surface area contributed by atoms with E-state index in [4.69, 9.17) is 0 Å². The van der Waals surface area contributed by atoms with Crippen molar-refractivity contribution in [3.05, 3.63) is 59.7 Å². The lowest BCUT2D eigenvalue weighted by Crippen LogP contribution is -2.50. The van der Waals surface area contributed by atoms with Crippen LogP contribution in [0.4, 0.5) is 11.4 Å². The van der Waals surface area contributed by atoms with Crippen molar-refractivity contribution in [3.8, 4) is 0 Å². The fourth-order valence-electron chi connectivity index (χ4n) is 5.72. The monoisotopic (exact) mass is 488 g/mol. The number of nitrogens with zero attached hydrogens (tertiary/aromatic N) is 3. The van der Waals surface area contributed by atoms with E-state index in [1.165, 1.54) is 0 Å². The van der Waals surface area contributed by atoms with Gasteiger partial charge in [0.2, 0.25) is 5.91 Å². The molecule has 0 radical (unpaired) electrons. The summed E-state index contributed by atoms with van der Waals surface area (Å²) in [6.07, 6.45) is 7.55. The third-order valence-electron chi connectivity index (χ3n) is 7.80. The van der Waals surface area contributed by atoms with Crippen LogP contribution in [0.15, 0.2) is 48.5 Å². The predicted molar refractivity (Wildman–Crippen MR) is 141 cm³/mol. The van der Waals surface area contributed by atoms with Gasteiger partial charge in [-0.25, -0.2) is 0 Å². The number of piperazine rings is 1. The predicted octanol–water partition coefficient (Wildman–Crippen LogP) is 4.40. The first-order chi connectivity index (χ1) is 17.6. The number of nitrogens with one attached hydrogen (secondary N) is 1. The van der Waals surface area contributed by atoms with E-state index in [-0.39, 0.29) is 17.7 Å². The summed E-state index contributed by atoms with van der Waals surface area (Å²) in [6, 6.07) is 14.7. The normalized spacial score (nSPS) is 18.8. The molecule has 2 aliphatic heterocycles. The second-order valence-corrected chi connectivity index (χ2v) is 10.2. The zero-order valence-corrected chi connectivity index (χ0v) is 21.0. The molecule has 5 rings (SSSR count). The first-order valence-electron chi connectivity index (χ1n) is 13.4. The van der Waals surface area contributed by atoms with Crippen LogP contribution < -0.4 is 10.2 Å². The van der Waals surface area contributed by atoms with Crippen molar-refractivity contribution in [1.29, 1.82) is 0 Å². The maximum atomic E-state index is 13.6. The van der Waals surface area contributed by atoms with Gasteiger partial charge in [0.15, 0.2) is 0 Å². The molecule has 3 amide bonds. The minimum Gasteiger partial charge on any atom is -0.367 e. The molecular weight excluding hydrogens is 452 g/mol. The van der Waals surface area contributed by atoms with Crippen LogP contribution in [0.5, 0.6) is 0 Å². The lowest BCUT2D eigenvalue weighted by molar-refractivity contribution is -0.135.